The molecular weight excluding hydrogens is 304 g/mol. The maximum atomic E-state index is 12.0. The van der Waals surface area contributed by atoms with Crippen LogP contribution < -0.4 is 10.6 Å². The number of thioether (sulfide) groups is 1. The number of aliphatic carboxylic acids is 1. The standard InChI is InChI=1S/C15H20N2O4S/c1-22-8-7-12(15(21)16-10-14(19)20)17-13(18)9-11-5-3-2-4-6-11/h2-6,12H,7-10H2,1H3,(H,16,21)(H,17,18)(H,19,20). The molecule has 1 aromatic carbocycles. The van der Waals surface area contributed by atoms with Crippen LogP contribution in [0.1, 0.15) is 12.0 Å². The zero-order valence-corrected chi connectivity index (χ0v) is 13.2. The highest BCUT2D eigenvalue weighted by Gasteiger charge is 2.20. The van der Waals surface area contributed by atoms with Crippen LogP contribution >= 0.6 is 11.8 Å². The Balaban J connectivity index is 2.57. The van der Waals surface area contributed by atoms with E-state index in [9.17, 15) is 14.4 Å². The molecule has 22 heavy (non-hydrogen) atoms. The number of rotatable bonds is 9. The summed E-state index contributed by atoms with van der Waals surface area (Å²) < 4.78 is 0. The predicted molar refractivity (Wildman–Crippen MR) is 85.7 cm³/mol. The number of hydrogen-bond acceptors (Lipinski definition) is 4. The van der Waals surface area contributed by atoms with Crippen LogP contribution in [0.2, 0.25) is 0 Å². The summed E-state index contributed by atoms with van der Waals surface area (Å²) in [5, 5.41) is 13.6. The highest BCUT2D eigenvalue weighted by Crippen LogP contribution is 2.03. The van der Waals surface area contributed by atoms with Crippen LogP contribution in [-0.4, -0.2) is 47.5 Å². The Hall–Kier alpha value is -2.02. The molecule has 0 aromatic heterocycles. The molecule has 1 unspecified atom stereocenters. The van der Waals surface area contributed by atoms with E-state index in [0.29, 0.717) is 12.2 Å². The van der Waals surface area contributed by atoms with Gasteiger partial charge >= 0.3 is 5.97 Å². The third-order valence-electron chi connectivity index (χ3n) is 2.88. The highest BCUT2D eigenvalue weighted by molar-refractivity contribution is 7.98. The molecule has 120 valence electrons. The lowest BCUT2D eigenvalue weighted by Gasteiger charge is -2.17. The van der Waals surface area contributed by atoms with Crippen LogP contribution in [0.25, 0.3) is 0 Å². The second-order valence-corrected chi connectivity index (χ2v) is 5.66. The molecule has 0 saturated heterocycles. The molecule has 0 saturated carbocycles. The number of carboxylic acids is 1. The number of hydrogen-bond donors (Lipinski definition) is 3. The first-order valence-electron chi connectivity index (χ1n) is 6.84. The first-order valence-corrected chi connectivity index (χ1v) is 8.24. The van der Waals surface area contributed by atoms with Crippen molar-refractivity contribution in [2.45, 2.75) is 18.9 Å². The zero-order chi connectivity index (χ0) is 16.4. The smallest absolute Gasteiger partial charge is 0.322 e. The van der Waals surface area contributed by atoms with Crippen molar-refractivity contribution in [3.05, 3.63) is 35.9 Å². The Morgan fingerprint density at radius 1 is 1.23 bits per heavy atom. The van der Waals surface area contributed by atoms with Gasteiger partial charge in [0.25, 0.3) is 0 Å². The van der Waals surface area contributed by atoms with Gasteiger partial charge in [0.15, 0.2) is 0 Å². The minimum Gasteiger partial charge on any atom is -0.480 e. The van der Waals surface area contributed by atoms with Gasteiger partial charge in [-0.15, -0.1) is 0 Å². The summed E-state index contributed by atoms with van der Waals surface area (Å²) in [6.45, 7) is -0.455. The van der Waals surface area contributed by atoms with Crippen LogP contribution in [0, 0.1) is 0 Å². The lowest BCUT2D eigenvalue weighted by molar-refractivity contribution is -0.138. The maximum Gasteiger partial charge on any atom is 0.322 e. The van der Waals surface area contributed by atoms with E-state index in [0.717, 1.165) is 5.56 Å². The summed E-state index contributed by atoms with van der Waals surface area (Å²) in [5.74, 6) is -1.16. The van der Waals surface area contributed by atoms with Gasteiger partial charge in [0.2, 0.25) is 11.8 Å². The SMILES string of the molecule is CSCCC(NC(=O)Cc1ccccc1)C(=O)NCC(=O)O. The first kappa shape index (κ1) is 18.0. The molecule has 0 heterocycles. The molecule has 0 radical (unpaired) electrons. The van der Waals surface area contributed by atoms with Gasteiger partial charge in [-0.1, -0.05) is 30.3 Å². The van der Waals surface area contributed by atoms with Crippen molar-refractivity contribution in [2.75, 3.05) is 18.6 Å². The van der Waals surface area contributed by atoms with Crippen molar-refractivity contribution in [2.24, 2.45) is 0 Å². The normalized spacial score (nSPS) is 11.5. The lowest BCUT2D eigenvalue weighted by atomic mass is 10.1. The quantitative estimate of drug-likeness (QED) is 0.620. The molecule has 0 aliphatic rings. The molecule has 0 spiro atoms. The molecule has 3 N–H and O–H groups in total. The van der Waals surface area contributed by atoms with Gasteiger partial charge in [0, 0.05) is 0 Å². The largest absolute Gasteiger partial charge is 0.480 e. The number of carboxylic acid groups (broad SMARTS) is 1. The second kappa shape index (κ2) is 9.83. The van der Waals surface area contributed by atoms with Crippen molar-refractivity contribution < 1.29 is 19.5 Å². The minimum absolute atomic E-state index is 0.183. The first-order chi connectivity index (χ1) is 10.5. The van der Waals surface area contributed by atoms with E-state index in [1.54, 1.807) is 11.8 Å². The van der Waals surface area contributed by atoms with E-state index in [-0.39, 0.29) is 12.3 Å². The maximum absolute atomic E-state index is 12.0. The molecule has 1 rings (SSSR count). The van der Waals surface area contributed by atoms with Crippen molar-refractivity contribution in [1.82, 2.24) is 10.6 Å². The molecule has 2 amide bonds. The van der Waals surface area contributed by atoms with Crippen molar-refractivity contribution in [3.63, 3.8) is 0 Å². The van der Waals surface area contributed by atoms with Crippen LogP contribution in [0.15, 0.2) is 30.3 Å². The van der Waals surface area contributed by atoms with Gasteiger partial charge in [0.05, 0.1) is 6.42 Å². The van der Waals surface area contributed by atoms with Crippen LogP contribution in [-0.2, 0) is 20.8 Å². The number of nitrogens with one attached hydrogen (secondary N) is 2. The molecule has 0 aliphatic carbocycles. The topological polar surface area (TPSA) is 95.5 Å². The zero-order valence-electron chi connectivity index (χ0n) is 12.4. The van der Waals surface area contributed by atoms with E-state index >= 15 is 0 Å². The van der Waals surface area contributed by atoms with Gasteiger partial charge < -0.3 is 15.7 Å². The number of carbonyl (C=O) groups is 3. The minimum atomic E-state index is -1.12. The summed E-state index contributed by atoms with van der Waals surface area (Å²) in [5.41, 5.74) is 0.856. The van der Waals surface area contributed by atoms with E-state index in [2.05, 4.69) is 10.6 Å². The summed E-state index contributed by atoms with van der Waals surface area (Å²) in [6, 6.07) is 8.49. The third kappa shape index (κ3) is 7.12. The average Bonchev–Trinajstić information content (AvgIpc) is 2.50. The Kier molecular flexibility index (Phi) is 8.06. The monoisotopic (exact) mass is 324 g/mol. The van der Waals surface area contributed by atoms with Gasteiger partial charge in [-0.2, -0.15) is 11.8 Å². The fourth-order valence-corrected chi connectivity index (χ4v) is 2.29. The molecule has 0 aliphatic heterocycles. The van der Waals surface area contributed by atoms with E-state index in [1.165, 1.54) is 0 Å². The number of amides is 2. The van der Waals surface area contributed by atoms with Crippen molar-refractivity contribution in [1.29, 1.82) is 0 Å². The van der Waals surface area contributed by atoms with E-state index < -0.39 is 24.5 Å². The molecular formula is C15H20N2O4S. The fraction of sp³-hybridized carbons (Fsp3) is 0.400. The third-order valence-corrected chi connectivity index (χ3v) is 3.53. The van der Waals surface area contributed by atoms with Gasteiger partial charge in [-0.25, -0.2) is 0 Å². The van der Waals surface area contributed by atoms with Gasteiger partial charge in [0.1, 0.15) is 12.6 Å². The van der Waals surface area contributed by atoms with Crippen LogP contribution in [0.3, 0.4) is 0 Å². The fourth-order valence-electron chi connectivity index (χ4n) is 1.82. The van der Waals surface area contributed by atoms with Crippen LogP contribution in [0.4, 0.5) is 0 Å². The number of benzene rings is 1. The summed E-state index contributed by atoms with van der Waals surface area (Å²) in [7, 11) is 0. The predicted octanol–water partition coefficient (Wildman–Crippen LogP) is 0.668. The average molecular weight is 324 g/mol. The molecule has 1 aromatic rings. The Bertz CT molecular complexity index is 508. The van der Waals surface area contributed by atoms with E-state index in [1.807, 2.05) is 36.6 Å². The molecule has 0 fully saturated rings. The molecule has 0 bridgehead atoms. The van der Waals surface area contributed by atoms with E-state index in [4.69, 9.17) is 5.11 Å². The Morgan fingerprint density at radius 3 is 2.50 bits per heavy atom. The van der Waals surface area contributed by atoms with Crippen molar-refractivity contribution in [3.8, 4) is 0 Å². The summed E-state index contributed by atoms with van der Waals surface area (Å²) in [6.07, 6.45) is 2.54. The van der Waals surface area contributed by atoms with Crippen LogP contribution in [0.5, 0.6) is 0 Å². The van der Waals surface area contributed by atoms with Crippen molar-refractivity contribution >= 4 is 29.5 Å². The second-order valence-electron chi connectivity index (χ2n) is 4.68. The summed E-state index contributed by atoms with van der Waals surface area (Å²) >= 11 is 1.56. The molecule has 7 heteroatoms. The number of carbonyl (C=O) groups excluding carboxylic acids is 2. The van der Waals surface area contributed by atoms with Gasteiger partial charge in [-0.05, 0) is 24.0 Å². The summed E-state index contributed by atoms with van der Waals surface area (Å²) in [4.78, 5) is 34.5. The highest BCUT2D eigenvalue weighted by atomic mass is 32.2. The molecule has 1 atom stereocenters. The Morgan fingerprint density at radius 2 is 1.91 bits per heavy atom. The van der Waals surface area contributed by atoms with Gasteiger partial charge in [-0.3, -0.25) is 14.4 Å². The lowest BCUT2D eigenvalue weighted by Crippen LogP contribution is -2.48. The molecule has 6 nitrogen and oxygen atoms in total. The Labute approximate surface area is 133 Å².